The van der Waals surface area contributed by atoms with Gasteiger partial charge < -0.3 is 9.64 Å². The van der Waals surface area contributed by atoms with Crippen molar-refractivity contribution in [2.24, 2.45) is 0 Å². The van der Waals surface area contributed by atoms with E-state index in [9.17, 15) is 4.79 Å². The number of likely N-dealkylation sites (tertiary alicyclic amines) is 1. The van der Waals surface area contributed by atoms with Crippen molar-refractivity contribution < 1.29 is 9.53 Å². The first-order valence-electron chi connectivity index (χ1n) is 8.02. The largest absolute Gasteiger partial charge is 0.497 e. The Balaban J connectivity index is 1.64. The van der Waals surface area contributed by atoms with E-state index in [-0.39, 0.29) is 11.2 Å². The summed E-state index contributed by atoms with van der Waals surface area (Å²) >= 11 is 1.41. The summed E-state index contributed by atoms with van der Waals surface area (Å²) in [5, 5.41) is 12.3. The molecule has 0 unspecified atom stereocenters. The molecule has 0 saturated carbocycles. The van der Waals surface area contributed by atoms with Crippen molar-refractivity contribution in [3.63, 3.8) is 0 Å². The summed E-state index contributed by atoms with van der Waals surface area (Å²) in [7, 11) is 1.64. The Morgan fingerprint density at radius 2 is 2.00 bits per heavy atom. The Bertz CT molecular complexity index is 682. The van der Waals surface area contributed by atoms with Gasteiger partial charge in [0.2, 0.25) is 11.1 Å². The number of rotatable bonds is 6. The molecule has 3 rings (SSSR count). The second kappa shape index (κ2) is 7.65. The molecule has 0 bridgehead atoms. The zero-order valence-electron chi connectivity index (χ0n) is 13.9. The van der Waals surface area contributed by atoms with E-state index in [1.54, 1.807) is 11.8 Å². The molecular formula is C16H21N5O2S. The maximum Gasteiger partial charge on any atom is 0.235 e. The number of amides is 1. The number of thioether (sulfide) groups is 1. The van der Waals surface area contributed by atoms with E-state index in [1.165, 1.54) is 11.8 Å². The van der Waals surface area contributed by atoms with Crippen molar-refractivity contribution in [2.45, 2.75) is 36.7 Å². The van der Waals surface area contributed by atoms with Gasteiger partial charge in [-0.1, -0.05) is 23.9 Å². The van der Waals surface area contributed by atoms with Crippen LogP contribution in [0.3, 0.4) is 0 Å². The summed E-state index contributed by atoms with van der Waals surface area (Å²) in [6.45, 7) is 4.20. The lowest BCUT2D eigenvalue weighted by Crippen LogP contribution is -2.34. The SMILES string of the molecule is COc1ccc(Cn2nnnc2S[C@@H](C)C(=O)N2CCCC2)cc1. The van der Waals surface area contributed by atoms with Crippen LogP contribution < -0.4 is 4.74 Å². The summed E-state index contributed by atoms with van der Waals surface area (Å²) < 4.78 is 6.88. The molecule has 128 valence electrons. The predicted octanol–water partition coefficient (Wildman–Crippen LogP) is 1.83. The number of ether oxygens (including phenoxy) is 1. The van der Waals surface area contributed by atoms with Gasteiger partial charge in [0.1, 0.15) is 5.75 Å². The second-order valence-corrected chi connectivity index (χ2v) is 7.07. The van der Waals surface area contributed by atoms with Gasteiger partial charge in [0.15, 0.2) is 0 Å². The molecule has 1 aromatic carbocycles. The molecule has 1 saturated heterocycles. The third kappa shape index (κ3) is 3.87. The molecule has 1 amide bonds. The molecule has 0 spiro atoms. The molecule has 8 heteroatoms. The summed E-state index contributed by atoms with van der Waals surface area (Å²) in [6, 6.07) is 7.78. The first-order valence-corrected chi connectivity index (χ1v) is 8.90. The zero-order chi connectivity index (χ0) is 16.9. The van der Waals surface area contributed by atoms with Crippen molar-refractivity contribution in [1.29, 1.82) is 0 Å². The van der Waals surface area contributed by atoms with E-state index in [0.717, 1.165) is 37.2 Å². The second-order valence-electron chi connectivity index (χ2n) is 5.76. The Kier molecular flexibility index (Phi) is 5.34. The van der Waals surface area contributed by atoms with Crippen molar-refractivity contribution in [2.75, 3.05) is 20.2 Å². The fraction of sp³-hybridized carbons (Fsp3) is 0.500. The van der Waals surface area contributed by atoms with E-state index >= 15 is 0 Å². The average Bonchev–Trinajstić information content (AvgIpc) is 3.27. The number of methoxy groups -OCH3 is 1. The van der Waals surface area contributed by atoms with Gasteiger partial charge in [0.25, 0.3) is 0 Å². The van der Waals surface area contributed by atoms with Crippen molar-refractivity contribution >= 4 is 17.7 Å². The van der Waals surface area contributed by atoms with Gasteiger partial charge in [-0.3, -0.25) is 4.79 Å². The molecule has 1 atom stereocenters. The lowest BCUT2D eigenvalue weighted by Gasteiger charge is -2.19. The van der Waals surface area contributed by atoms with Gasteiger partial charge in [0.05, 0.1) is 18.9 Å². The highest BCUT2D eigenvalue weighted by molar-refractivity contribution is 8.00. The first-order chi connectivity index (χ1) is 11.7. The smallest absolute Gasteiger partial charge is 0.235 e. The van der Waals surface area contributed by atoms with E-state index in [0.29, 0.717) is 11.7 Å². The minimum absolute atomic E-state index is 0.163. The van der Waals surface area contributed by atoms with Gasteiger partial charge in [0, 0.05) is 13.1 Å². The summed E-state index contributed by atoms with van der Waals surface area (Å²) in [4.78, 5) is 14.4. The maximum absolute atomic E-state index is 12.4. The molecule has 0 N–H and O–H groups in total. The molecule has 2 aromatic rings. The van der Waals surface area contributed by atoms with E-state index in [1.807, 2.05) is 36.1 Å². The highest BCUT2D eigenvalue weighted by atomic mass is 32.2. The summed E-state index contributed by atoms with van der Waals surface area (Å²) in [6.07, 6.45) is 2.19. The molecule has 24 heavy (non-hydrogen) atoms. The number of nitrogens with zero attached hydrogens (tertiary/aromatic N) is 5. The Morgan fingerprint density at radius 1 is 1.29 bits per heavy atom. The quantitative estimate of drug-likeness (QED) is 0.743. The van der Waals surface area contributed by atoms with Gasteiger partial charge in [-0.15, -0.1) is 5.10 Å². The van der Waals surface area contributed by atoms with Gasteiger partial charge in [-0.05, 0) is 47.9 Å². The van der Waals surface area contributed by atoms with Crippen LogP contribution in [0.5, 0.6) is 5.75 Å². The Hall–Kier alpha value is -2.09. The minimum atomic E-state index is -0.191. The van der Waals surface area contributed by atoms with Gasteiger partial charge in [-0.25, -0.2) is 4.68 Å². The number of carbonyl (C=O) groups excluding carboxylic acids is 1. The van der Waals surface area contributed by atoms with Crippen LogP contribution in [0.4, 0.5) is 0 Å². The monoisotopic (exact) mass is 347 g/mol. The lowest BCUT2D eigenvalue weighted by molar-refractivity contribution is -0.129. The standard InChI is InChI=1S/C16H21N5O2S/c1-12(15(22)20-9-3-4-10-20)24-16-17-18-19-21(16)11-13-5-7-14(23-2)8-6-13/h5-8,12H,3-4,9-11H2,1-2H3/t12-/m0/s1. The number of hydrogen-bond acceptors (Lipinski definition) is 6. The molecule has 0 radical (unpaired) electrons. The summed E-state index contributed by atoms with van der Waals surface area (Å²) in [5.74, 6) is 0.978. The number of aromatic nitrogens is 4. The molecule has 1 aliphatic rings. The predicted molar refractivity (Wildman–Crippen MR) is 91.0 cm³/mol. The van der Waals surface area contributed by atoms with Gasteiger partial charge in [-0.2, -0.15) is 0 Å². The average molecular weight is 347 g/mol. The highest BCUT2D eigenvalue weighted by Gasteiger charge is 2.25. The summed E-state index contributed by atoms with van der Waals surface area (Å²) in [5.41, 5.74) is 1.07. The molecular weight excluding hydrogens is 326 g/mol. The minimum Gasteiger partial charge on any atom is -0.497 e. The molecule has 1 aliphatic heterocycles. The third-order valence-corrected chi connectivity index (χ3v) is 5.10. The number of carbonyl (C=O) groups is 1. The first kappa shape index (κ1) is 16.8. The zero-order valence-corrected chi connectivity index (χ0v) is 14.7. The fourth-order valence-corrected chi connectivity index (χ4v) is 3.56. The van der Waals surface area contributed by atoms with E-state index in [2.05, 4.69) is 15.5 Å². The Morgan fingerprint density at radius 3 is 2.67 bits per heavy atom. The molecule has 1 fully saturated rings. The molecule has 2 heterocycles. The van der Waals surface area contributed by atoms with Crippen LogP contribution in [0.2, 0.25) is 0 Å². The van der Waals surface area contributed by atoms with E-state index in [4.69, 9.17) is 4.74 Å². The topological polar surface area (TPSA) is 73.1 Å². The van der Waals surface area contributed by atoms with Crippen LogP contribution in [-0.2, 0) is 11.3 Å². The number of benzene rings is 1. The Labute approximate surface area is 145 Å². The number of tetrazole rings is 1. The van der Waals surface area contributed by atoms with Crippen LogP contribution in [0.25, 0.3) is 0 Å². The highest BCUT2D eigenvalue weighted by Crippen LogP contribution is 2.24. The van der Waals surface area contributed by atoms with Crippen LogP contribution in [0.15, 0.2) is 29.4 Å². The fourth-order valence-electron chi connectivity index (χ4n) is 2.69. The number of hydrogen-bond donors (Lipinski definition) is 0. The third-order valence-electron chi connectivity index (χ3n) is 4.04. The maximum atomic E-state index is 12.4. The molecule has 0 aliphatic carbocycles. The van der Waals surface area contributed by atoms with E-state index < -0.39 is 0 Å². The van der Waals surface area contributed by atoms with Gasteiger partial charge >= 0.3 is 0 Å². The normalized spacial score (nSPS) is 15.5. The van der Waals surface area contributed by atoms with Crippen LogP contribution in [-0.4, -0.2) is 56.5 Å². The molecule has 1 aromatic heterocycles. The van der Waals surface area contributed by atoms with Crippen molar-refractivity contribution in [3.05, 3.63) is 29.8 Å². The van der Waals surface area contributed by atoms with Crippen LogP contribution in [0.1, 0.15) is 25.3 Å². The molecule has 7 nitrogen and oxygen atoms in total. The van der Waals surface area contributed by atoms with Crippen molar-refractivity contribution in [1.82, 2.24) is 25.1 Å². The lowest BCUT2D eigenvalue weighted by atomic mass is 10.2. The van der Waals surface area contributed by atoms with Crippen LogP contribution >= 0.6 is 11.8 Å². The van der Waals surface area contributed by atoms with Crippen LogP contribution in [0, 0.1) is 0 Å². The van der Waals surface area contributed by atoms with Crippen molar-refractivity contribution in [3.8, 4) is 5.75 Å².